The second-order valence-corrected chi connectivity index (χ2v) is 4.26. The van der Waals surface area contributed by atoms with Crippen molar-refractivity contribution in [3.8, 4) is 0 Å². The average molecular weight is 229 g/mol. The first-order chi connectivity index (χ1) is 7.58. The summed E-state index contributed by atoms with van der Waals surface area (Å²) in [6.07, 6.45) is 2.50. The molecule has 16 heavy (non-hydrogen) atoms. The number of carbonyl (C=O) groups excluding carboxylic acids is 1. The van der Waals surface area contributed by atoms with Crippen molar-refractivity contribution < 1.29 is 19.4 Å². The fraction of sp³-hybridized carbons (Fsp3) is 0.818. The van der Waals surface area contributed by atoms with Crippen LogP contribution in [-0.4, -0.2) is 48.2 Å². The zero-order valence-electron chi connectivity index (χ0n) is 9.65. The van der Waals surface area contributed by atoms with Gasteiger partial charge in [-0.15, -0.1) is 0 Å². The summed E-state index contributed by atoms with van der Waals surface area (Å²) in [6.45, 7) is 1.78. The van der Waals surface area contributed by atoms with Gasteiger partial charge in [0.15, 0.2) is 0 Å². The Bertz CT molecular complexity index is 254. The molecule has 0 radical (unpaired) electrons. The van der Waals surface area contributed by atoms with Gasteiger partial charge in [-0.25, -0.2) is 0 Å². The average Bonchev–Trinajstić information content (AvgIpc) is 2.58. The molecular formula is C11H19NO4. The summed E-state index contributed by atoms with van der Waals surface area (Å²) in [5.41, 5.74) is 0. The largest absolute Gasteiger partial charge is 0.481 e. The molecule has 0 aromatic carbocycles. The lowest BCUT2D eigenvalue weighted by Gasteiger charge is -2.11. The number of esters is 1. The first kappa shape index (κ1) is 13.0. The molecule has 0 saturated carbocycles. The summed E-state index contributed by atoms with van der Waals surface area (Å²) in [5, 5.41) is 8.42. The number of aliphatic carboxylic acids is 1. The van der Waals surface area contributed by atoms with Crippen LogP contribution in [0.1, 0.15) is 32.1 Å². The molecule has 1 aliphatic heterocycles. The summed E-state index contributed by atoms with van der Waals surface area (Å²) in [4.78, 5) is 23.7. The lowest BCUT2D eigenvalue weighted by atomic mass is 10.2. The van der Waals surface area contributed by atoms with Crippen molar-refractivity contribution in [3.05, 3.63) is 0 Å². The standard InChI is InChI=1S/C11H19NO4/c1-12-7-6-9(8-12)16-11(15)5-3-2-4-10(13)14/h9H,2-8H2,1H3,(H,13,14). The third-order valence-corrected chi connectivity index (χ3v) is 2.67. The van der Waals surface area contributed by atoms with E-state index in [1.165, 1.54) is 0 Å². The molecule has 5 nitrogen and oxygen atoms in total. The third-order valence-electron chi connectivity index (χ3n) is 2.67. The van der Waals surface area contributed by atoms with Gasteiger partial charge in [0.25, 0.3) is 0 Å². The van der Waals surface area contributed by atoms with E-state index in [2.05, 4.69) is 4.90 Å². The van der Waals surface area contributed by atoms with Crippen molar-refractivity contribution in [2.45, 2.75) is 38.2 Å². The van der Waals surface area contributed by atoms with Gasteiger partial charge in [0.1, 0.15) is 6.10 Å². The second kappa shape index (κ2) is 6.48. The number of likely N-dealkylation sites (tertiary alicyclic amines) is 1. The Morgan fingerprint density at radius 2 is 2.06 bits per heavy atom. The van der Waals surface area contributed by atoms with Crippen LogP contribution < -0.4 is 0 Å². The van der Waals surface area contributed by atoms with Gasteiger partial charge in [0.05, 0.1) is 0 Å². The third kappa shape index (κ3) is 5.11. The number of hydrogen-bond donors (Lipinski definition) is 1. The van der Waals surface area contributed by atoms with Gasteiger partial charge in [-0.1, -0.05) is 0 Å². The molecule has 1 fully saturated rings. The van der Waals surface area contributed by atoms with E-state index in [0.29, 0.717) is 19.3 Å². The smallest absolute Gasteiger partial charge is 0.306 e. The molecule has 0 aliphatic carbocycles. The summed E-state index contributed by atoms with van der Waals surface area (Å²) >= 11 is 0. The first-order valence-electron chi connectivity index (χ1n) is 5.67. The van der Waals surface area contributed by atoms with Crippen LogP contribution in [-0.2, 0) is 14.3 Å². The zero-order valence-corrected chi connectivity index (χ0v) is 9.65. The number of carboxylic acid groups (broad SMARTS) is 1. The van der Waals surface area contributed by atoms with Gasteiger partial charge in [-0.05, 0) is 26.3 Å². The van der Waals surface area contributed by atoms with Crippen LogP contribution in [0, 0.1) is 0 Å². The van der Waals surface area contributed by atoms with E-state index in [-0.39, 0.29) is 18.5 Å². The molecule has 1 saturated heterocycles. The Labute approximate surface area is 95.4 Å². The minimum absolute atomic E-state index is 0.0250. The number of nitrogens with zero attached hydrogens (tertiary/aromatic N) is 1. The van der Waals surface area contributed by atoms with Crippen molar-refractivity contribution in [1.82, 2.24) is 4.90 Å². The fourth-order valence-electron chi connectivity index (χ4n) is 1.78. The topological polar surface area (TPSA) is 66.8 Å². The molecule has 1 aliphatic rings. The highest BCUT2D eigenvalue weighted by molar-refractivity contribution is 5.70. The van der Waals surface area contributed by atoms with E-state index in [0.717, 1.165) is 19.5 Å². The maximum Gasteiger partial charge on any atom is 0.306 e. The lowest BCUT2D eigenvalue weighted by Crippen LogP contribution is -2.22. The normalized spacial score (nSPS) is 20.9. The van der Waals surface area contributed by atoms with Crippen LogP contribution >= 0.6 is 0 Å². The van der Waals surface area contributed by atoms with E-state index in [1.54, 1.807) is 0 Å². The Hall–Kier alpha value is -1.10. The van der Waals surface area contributed by atoms with Crippen LogP contribution in [0.2, 0.25) is 0 Å². The molecular weight excluding hydrogens is 210 g/mol. The van der Waals surface area contributed by atoms with Crippen LogP contribution in [0.5, 0.6) is 0 Å². The molecule has 1 rings (SSSR count). The van der Waals surface area contributed by atoms with E-state index >= 15 is 0 Å². The Morgan fingerprint density at radius 3 is 2.62 bits per heavy atom. The summed E-state index contributed by atoms with van der Waals surface area (Å²) in [7, 11) is 2.00. The second-order valence-electron chi connectivity index (χ2n) is 4.26. The van der Waals surface area contributed by atoms with Crippen LogP contribution in [0.15, 0.2) is 0 Å². The highest BCUT2D eigenvalue weighted by Crippen LogP contribution is 2.12. The number of likely N-dealkylation sites (N-methyl/N-ethyl adjacent to an activating group) is 1. The monoisotopic (exact) mass is 229 g/mol. The molecule has 0 spiro atoms. The molecule has 1 atom stereocenters. The van der Waals surface area contributed by atoms with Crippen molar-refractivity contribution >= 4 is 11.9 Å². The van der Waals surface area contributed by atoms with Gasteiger partial charge in [-0.2, -0.15) is 0 Å². The van der Waals surface area contributed by atoms with Gasteiger partial charge in [0.2, 0.25) is 0 Å². The molecule has 92 valence electrons. The summed E-state index contributed by atoms with van der Waals surface area (Å²) in [6, 6.07) is 0. The first-order valence-corrected chi connectivity index (χ1v) is 5.67. The van der Waals surface area contributed by atoms with Crippen molar-refractivity contribution in [2.75, 3.05) is 20.1 Å². The Balaban J connectivity index is 2.05. The molecule has 0 aromatic heterocycles. The predicted molar refractivity (Wildman–Crippen MR) is 58.1 cm³/mol. The van der Waals surface area contributed by atoms with E-state index in [1.807, 2.05) is 7.05 Å². The van der Waals surface area contributed by atoms with Crippen molar-refractivity contribution in [3.63, 3.8) is 0 Å². The fourth-order valence-corrected chi connectivity index (χ4v) is 1.78. The van der Waals surface area contributed by atoms with Gasteiger partial charge >= 0.3 is 11.9 Å². The number of ether oxygens (including phenoxy) is 1. The lowest BCUT2D eigenvalue weighted by molar-refractivity contribution is -0.148. The maximum absolute atomic E-state index is 11.4. The Kier molecular flexibility index (Phi) is 5.25. The highest BCUT2D eigenvalue weighted by atomic mass is 16.5. The Morgan fingerprint density at radius 1 is 1.38 bits per heavy atom. The minimum atomic E-state index is -0.814. The quantitative estimate of drug-likeness (QED) is 0.541. The van der Waals surface area contributed by atoms with Gasteiger partial charge in [-0.3, -0.25) is 9.59 Å². The molecule has 1 heterocycles. The number of carbonyl (C=O) groups is 2. The van der Waals surface area contributed by atoms with Crippen LogP contribution in [0.25, 0.3) is 0 Å². The molecule has 0 bridgehead atoms. The van der Waals surface area contributed by atoms with Crippen molar-refractivity contribution in [1.29, 1.82) is 0 Å². The van der Waals surface area contributed by atoms with Crippen molar-refractivity contribution in [2.24, 2.45) is 0 Å². The predicted octanol–water partition coefficient (Wildman–Crippen LogP) is 0.879. The molecule has 1 unspecified atom stereocenters. The van der Waals surface area contributed by atoms with E-state index < -0.39 is 5.97 Å². The number of unbranched alkanes of at least 4 members (excludes halogenated alkanes) is 1. The number of carboxylic acids is 1. The number of hydrogen-bond acceptors (Lipinski definition) is 4. The summed E-state index contributed by atoms with van der Waals surface area (Å²) in [5.74, 6) is -1.02. The number of rotatable bonds is 6. The van der Waals surface area contributed by atoms with Crippen LogP contribution in [0.3, 0.4) is 0 Å². The molecule has 5 heteroatoms. The minimum Gasteiger partial charge on any atom is -0.481 e. The molecule has 0 aromatic rings. The zero-order chi connectivity index (χ0) is 12.0. The molecule has 0 amide bonds. The summed E-state index contributed by atoms with van der Waals surface area (Å²) < 4.78 is 5.26. The van der Waals surface area contributed by atoms with E-state index in [4.69, 9.17) is 9.84 Å². The van der Waals surface area contributed by atoms with Gasteiger partial charge in [0, 0.05) is 25.9 Å². The maximum atomic E-state index is 11.4. The SMILES string of the molecule is CN1CCC(OC(=O)CCCCC(=O)O)C1. The van der Waals surface area contributed by atoms with Gasteiger partial charge < -0.3 is 14.7 Å². The van der Waals surface area contributed by atoms with Crippen LogP contribution in [0.4, 0.5) is 0 Å². The van der Waals surface area contributed by atoms with E-state index in [9.17, 15) is 9.59 Å². The highest BCUT2D eigenvalue weighted by Gasteiger charge is 2.22. The molecule has 1 N–H and O–H groups in total.